The summed E-state index contributed by atoms with van der Waals surface area (Å²) >= 11 is 1.83. The van der Waals surface area contributed by atoms with Crippen LogP contribution in [0.1, 0.15) is 26.3 Å². The number of thioether (sulfide) groups is 1. The number of sulfonamides is 1. The lowest BCUT2D eigenvalue weighted by Gasteiger charge is -2.33. The summed E-state index contributed by atoms with van der Waals surface area (Å²) in [5.41, 5.74) is 0.992. The van der Waals surface area contributed by atoms with Gasteiger partial charge in [-0.05, 0) is 18.2 Å². The number of hydrogen-bond donors (Lipinski definition) is 1. The smallest absolute Gasteiger partial charge is 0.260 e. The standard InChI is InChI=1S/C14H23N3O2S2/c1-4-15-7-13-5-6-14(16-8-13)21(18,19)17-9-11(2)20-12(3)10-17/h5-6,8,11-12,15H,4,7,9-10H2,1-3H3. The summed E-state index contributed by atoms with van der Waals surface area (Å²) in [5.74, 6) is 0. The van der Waals surface area contributed by atoms with Crippen molar-refractivity contribution in [2.75, 3.05) is 19.6 Å². The minimum absolute atomic E-state index is 0.147. The quantitative estimate of drug-likeness (QED) is 0.891. The van der Waals surface area contributed by atoms with E-state index in [-0.39, 0.29) is 5.03 Å². The van der Waals surface area contributed by atoms with Crippen molar-refractivity contribution in [2.24, 2.45) is 0 Å². The number of pyridine rings is 1. The van der Waals surface area contributed by atoms with Crippen molar-refractivity contribution in [2.45, 2.75) is 42.8 Å². The van der Waals surface area contributed by atoms with Gasteiger partial charge in [0.25, 0.3) is 10.0 Å². The maximum Gasteiger partial charge on any atom is 0.260 e. The summed E-state index contributed by atoms with van der Waals surface area (Å²) < 4.78 is 26.8. The van der Waals surface area contributed by atoms with E-state index in [1.165, 1.54) is 0 Å². The molecule has 0 aromatic carbocycles. The highest BCUT2D eigenvalue weighted by atomic mass is 32.2. The topological polar surface area (TPSA) is 62.3 Å². The molecule has 0 saturated carbocycles. The Labute approximate surface area is 131 Å². The first-order chi connectivity index (χ1) is 9.93. The van der Waals surface area contributed by atoms with Crippen LogP contribution in [0.4, 0.5) is 0 Å². The molecule has 0 spiro atoms. The highest BCUT2D eigenvalue weighted by Crippen LogP contribution is 2.28. The second kappa shape index (κ2) is 7.09. The van der Waals surface area contributed by atoms with Crippen molar-refractivity contribution in [1.82, 2.24) is 14.6 Å². The normalized spacial score (nSPS) is 24.1. The molecule has 1 fully saturated rings. The summed E-state index contributed by atoms with van der Waals surface area (Å²) in [6, 6.07) is 3.44. The maximum atomic E-state index is 12.6. The average Bonchev–Trinajstić information content (AvgIpc) is 2.44. The van der Waals surface area contributed by atoms with Gasteiger partial charge in [0.2, 0.25) is 0 Å². The summed E-state index contributed by atoms with van der Waals surface area (Å²) in [4.78, 5) is 4.15. The molecule has 2 unspecified atom stereocenters. The van der Waals surface area contributed by atoms with Crippen molar-refractivity contribution >= 4 is 21.8 Å². The van der Waals surface area contributed by atoms with Gasteiger partial charge in [0.05, 0.1) is 0 Å². The fourth-order valence-electron chi connectivity index (χ4n) is 2.40. The second-order valence-corrected chi connectivity index (χ2v) is 9.13. The largest absolute Gasteiger partial charge is 0.313 e. The Hall–Kier alpha value is -0.630. The number of nitrogens with zero attached hydrogens (tertiary/aromatic N) is 2. The lowest BCUT2D eigenvalue weighted by atomic mass is 10.3. The Morgan fingerprint density at radius 3 is 2.52 bits per heavy atom. The second-order valence-electron chi connectivity index (χ2n) is 5.36. The molecule has 2 rings (SSSR count). The SMILES string of the molecule is CCNCc1ccc(S(=O)(=O)N2CC(C)SC(C)C2)nc1. The van der Waals surface area contributed by atoms with Crippen molar-refractivity contribution < 1.29 is 8.42 Å². The van der Waals surface area contributed by atoms with Crippen LogP contribution in [-0.4, -0.2) is 47.8 Å². The molecule has 21 heavy (non-hydrogen) atoms. The van der Waals surface area contributed by atoms with E-state index in [9.17, 15) is 8.42 Å². The summed E-state index contributed by atoms with van der Waals surface area (Å²) in [6.07, 6.45) is 1.64. The van der Waals surface area contributed by atoms with Crippen molar-refractivity contribution in [1.29, 1.82) is 0 Å². The number of rotatable bonds is 5. The molecule has 7 heteroatoms. The zero-order valence-electron chi connectivity index (χ0n) is 12.7. The molecule has 1 N–H and O–H groups in total. The summed E-state index contributed by atoms with van der Waals surface area (Å²) in [6.45, 7) is 8.85. The first kappa shape index (κ1) is 16.7. The number of nitrogens with one attached hydrogen (secondary N) is 1. The third-order valence-electron chi connectivity index (χ3n) is 3.37. The van der Waals surface area contributed by atoms with E-state index in [0.29, 0.717) is 30.1 Å². The molecule has 1 aliphatic rings. The Balaban J connectivity index is 2.15. The fourth-order valence-corrected chi connectivity index (χ4v) is 5.44. The number of aromatic nitrogens is 1. The van der Waals surface area contributed by atoms with Gasteiger partial charge in [-0.25, -0.2) is 13.4 Å². The molecule has 2 atom stereocenters. The Kier molecular flexibility index (Phi) is 5.65. The first-order valence-corrected chi connectivity index (χ1v) is 9.63. The Morgan fingerprint density at radius 2 is 2.00 bits per heavy atom. The van der Waals surface area contributed by atoms with Gasteiger partial charge in [0.15, 0.2) is 5.03 Å². The summed E-state index contributed by atoms with van der Waals surface area (Å²) in [5, 5.41) is 3.97. The molecule has 5 nitrogen and oxygen atoms in total. The van der Waals surface area contributed by atoms with Crippen LogP contribution in [0.15, 0.2) is 23.4 Å². The van der Waals surface area contributed by atoms with E-state index in [1.54, 1.807) is 16.6 Å². The van der Waals surface area contributed by atoms with Gasteiger partial charge in [-0.1, -0.05) is 26.8 Å². The molecule has 0 amide bonds. The van der Waals surface area contributed by atoms with Gasteiger partial charge in [-0.2, -0.15) is 16.1 Å². The lowest BCUT2D eigenvalue weighted by molar-refractivity contribution is 0.403. The molecule has 1 aromatic heterocycles. The van der Waals surface area contributed by atoms with E-state index in [4.69, 9.17) is 0 Å². The molecule has 2 heterocycles. The minimum Gasteiger partial charge on any atom is -0.313 e. The molecule has 0 bridgehead atoms. The molecular weight excluding hydrogens is 306 g/mol. The summed E-state index contributed by atoms with van der Waals surface area (Å²) in [7, 11) is -3.48. The van der Waals surface area contributed by atoms with Crippen LogP contribution in [0, 0.1) is 0 Å². The predicted octanol–water partition coefficient (Wildman–Crippen LogP) is 1.71. The van der Waals surface area contributed by atoms with Crippen LogP contribution in [0.5, 0.6) is 0 Å². The third-order valence-corrected chi connectivity index (χ3v) is 6.34. The average molecular weight is 329 g/mol. The van der Waals surface area contributed by atoms with E-state index in [0.717, 1.165) is 12.1 Å². The molecular formula is C14H23N3O2S2. The van der Waals surface area contributed by atoms with Gasteiger partial charge >= 0.3 is 0 Å². The van der Waals surface area contributed by atoms with Crippen molar-refractivity contribution in [3.05, 3.63) is 23.9 Å². The molecule has 0 radical (unpaired) electrons. The zero-order chi connectivity index (χ0) is 15.5. The molecule has 1 aliphatic heterocycles. The highest BCUT2D eigenvalue weighted by molar-refractivity contribution is 8.00. The van der Waals surface area contributed by atoms with Crippen LogP contribution in [-0.2, 0) is 16.6 Å². The zero-order valence-corrected chi connectivity index (χ0v) is 14.4. The molecule has 1 aromatic rings. The van der Waals surface area contributed by atoms with Crippen molar-refractivity contribution in [3.8, 4) is 0 Å². The third kappa shape index (κ3) is 4.18. The highest BCUT2D eigenvalue weighted by Gasteiger charge is 2.32. The molecule has 1 saturated heterocycles. The van der Waals surface area contributed by atoms with E-state index in [2.05, 4.69) is 24.1 Å². The van der Waals surface area contributed by atoms with Crippen LogP contribution in [0.25, 0.3) is 0 Å². The number of hydrogen-bond acceptors (Lipinski definition) is 5. The molecule has 0 aliphatic carbocycles. The first-order valence-electron chi connectivity index (χ1n) is 7.24. The fraction of sp³-hybridized carbons (Fsp3) is 0.643. The van der Waals surface area contributed by atoms with Gasteiger partial charge in [0, 0.05) is 36.3 Å². The van der Waals surface area contributed by atoms with E-state index in [1.807, 2.05) is 24.8 Å². The van der Waals surface area contributed by atoms with Crippen LogP contribution < -0.4 is 5.32 Å². The van der Waals surface area contributed by atoms with Crippen LogP contribution >= 0.6 is 11.8 Å². The van der Waals surface area contributed by atoms with Gasteiger partial charge in [-0.15, -0.1) is 0 Å². The van der Waals surface area contributed by atoms with E-state index < -0.39 is 10.0 Å². The van der Waals surface area contributed by atoms with Gasteiger partial charge in [0.1, 0.15) is 0 Å². The molecule has 118 valence electrons. The van der Waals surface area contributed by atoms with Gasteiger partial charge in [-0.3, -0.25) is 0 Å². The predicted molar refractivity (Wildman–Crippen MR) is 86.9 cm³/mol. The lowest BCUT2D eigenvalue weighted by Crippen LogP contribution is -2.44. The van der Waals surface area contributed by atoms with E-state index >= 15 is 0 Å². The van der Waals surface area contributed by atoms with Crippen LogP contribution in [0.3, 0.4) is 0 Å². The monoisotopic (exact) mass is 329 g/mol. The van der Waals surface area contributed by atoms with Gasteiger partial charge < -0.3 is 5.32 Å². The Morgan fingerprint density at radius 1 is 1.33 bits per heavy atom. The maximum absolute atomic E-state index is 12.6. The Bertz CT molecular complexity index is 550. The minimum atomic E-state index is -3.48. The van der Waals surface area contributed by atoms with Crippen LogP contribution in [0.2, 0.25) is 0 Å². The van der Waals surface area contributed by atoms with Crippen molar-refractivity contribution in [3.63, 3.8) is 0 Å².